The first-order valence-electron chi connectivity index (χ1n) is 10.2. The van der Waals surface area contributed by atoms with E-state index < -0.39 is 16.7 Å². The maximum atomic E-state index is 12.9. The second-order valence-corrected chi connectivity index (χ2v) is 8.44. The van der Waals surface area contributed by atoms with Gasteiger partial charge in [-0.05, 0) is 44.0 Å². The number of hydrogen-bond acceptors (Lipinski definition) is 6. The number of amides is 2. The van der Waals surface area contributed by atoms with Crippen LogP contribution in [0.25, 0.3) is 0 Å². The topological polar surface area (TPSA) is 127 Å². The van der Waals surface area contributed by atoms with Crippen LogP contribution in [0.3, 0.4) is 0 Å². The fourth-order valence-corrected chi connectivity index (χ4v) is 4.17. The first-order chi connectivity index (χ1) is 16.2. The molecular weight excluding hydrogens is 483 g/mol. The zero-order chi connectivity index (χ0) is 24.4. The minimum atomic E-state index is -0.584. The second kappa shape index (κ2) is 9.66. The van der Waals surface area contributed by atoms with E-state index in [1.165, 1.54) is 30.3 Å². The van der Waals surface area contributed by atoms with E-state index in [1.54, 1.807) is 19.1 Å². The maximum absolute atomic E-state index is 12.9. The summed E-state index contributed by atoms with van der Waals surface area (Å²) in [6.45, 7) is 1.74. The molecule has 4 rings (SSSR count). The van der Waals surface area contributed by atoms with Crippen molar-refractivity contribution >= 4 is 52.1 Å². The molecule has 1 aromatic heterocycles. The molecule has 11 heteroatoms. The molecule has 0 spiro atoms. The number of anilines is 1. The van der Waals surface area contributed by atoms with E-state index in [9.17, 15) is 19.7 Å². The Hall–Kier alpha value is -3.69. The molecule has 3 aromatic rings. The van der Waals surface area contributed by atoms with E-state index >= 15 is 0 Å². The lowest BCUT2D eigenvalue weighted by Gasteiger charge is -2.13. The van der Waals surface area contributed by atoms with Gasteiger partial charge in [0.1, 0.15) is 5.76 Å². The third-order valence-corrected chi connectivity index (χ3v) is 5.87. The second-order valence-electron chi connectivity index (χ2n) is 7.59. The zero-order valence-corrected chi connectivity index (χ0v) is 19.4. The monoisotopic (exact) mass is 500 g/mol. The molecule has 0 unspecified atom stereocenters. The highest BCUT2D eigenvalue weighted by atomic mass is 35.5. The van der Waals surface area contributed by atoms with Crippen molar-refractivity contribution in [2.24, 2.45) is 5.10 Å². The quantitative estimate of drug-likeness (QED) is 0.351. The molecule has 2 amide bonds. The van der Waals surface area contributed by atoms with Crippen LogP contribution in [0.2, 0.25) is 10.0 Å². The third kappa shape index (κ3) is 4.80. The number of aryl methyl sites for hydroxylation is 1. The molecule has 0 aliphatic heterocycles. The summed E-state index contributed by atoms with van der Waals surface area (Å²) in [6, 6.07) is 10.1. The van der Waals surface area contributed by atoms with E-state index in [-0.39, 0.29) is 17.0 Å². The molecule has 0 fully saturated rings. The van der Waals surface area contributed by atoms with Gasteiger partial charge in [0, 0.05) is 40.3 Å². The van der Waals surface area contributed by atoms with Gasteiger partial charge in [-0.2, -0.15) is 5.10 Å². The number of hydrazone groups is 1. The molecule has 0 atom stereocenters. The van der Waals surface area contributed by atoms with E-state index in [1.807, 2.05) is 0 Å². The van der Waals surface area contributed by atoms with E-state index in [4.69, 9.17) is 27.6 Å². The lowest BCUT2D eigenvalue weighted by Crippen LogP contribution is -2.22. The maximum Gasteiger partial charge on any atom is 0.291 e. The molecule has 2 N–H and O–H groups in total. The summed E-state index contributed by atoms with van der Waals surface area (Å²) in [7, 11) is 0. The minimum Gasteiger partial charge on any atom is -0.455 e. The summed E-state index contributed by atoms with van der Waals surface area (Å²) in [5.74, 6) is -0.342. The number of hydrogen-bond donors (Lipinski definition) is 2. The lowest BCUT2D eigenvalue weighted by molar-refractivity contribution is -0.384. The number of carbonyl (C=O) groups excluding carboxylic acids is 2. The number of benzene rings is 2. The summed E-state index contributed by atoms with van der Waals surface area (Å²) in [5, 5.41) is 18.6. The van der Waals surface area contributed by atoms with Gasteiger partial charge in [-0.3, -0.25) is 19.7 Å². The number of nitrogens with zero attached hydrogens (tertiary/aromatic N) is 2. The van der Waals surface area contributed by atoms with E-state index in [0.717, 1.165) is 6.42 Å². The van der Waals surface area contributed by atoms with Crippen LogP contribution in [0, 0.1) is 17.0 Å². The average Bonchev–Trinajstić information content (AvgIpc) is 3.16. The van der Waals surface area contributed by atoms with Crippen molar-refractivity contribution in [3.8, 4) is 0 Å². The molecule has 34 heavy (non-hydrogen) atoms. The molecule has 174 valence electrons. The highest BCUT2D eigenvalue weighted by Crippen LogP contribution is 2.31. The number of non-ortho nitro benzene ring substituents is 1. The number of carbonyl (C=O) groups is 2. The molecule has 1 aliphatic carbocycles. The van der Waals surface area contributed by atoms with Crippen LogP contribution in [0.5, 0.6) is 0 Å². The fourth-order valence-electron chi connectivity index (χ4n) is 3.71. The van der Waals surface area contributed by atoms with Gasteiger partial charge >= 0.3 is 0 Å². The number of furan rings is 1. The molecular formula is C23H18Cl2N4O5. The van der Waals surface area contributed by atoms with Gasteiger partial charge in [-0.15, -0.1) is 0 Å². The van der Waals surface area contributed by atoms with Crippen LogP contribution in [0.4, 0.5) is 11.4 Å². The average molecular weight is 501 g/mol. The Kier molecular flexibility index (Phi) is 6.67. The van der Waals surface area contributed by atoms with Gasteiger partial charge in [0.25, 0.3) is 17.5 Å². The summed E-state index contributed by atoms with van der Waals surface area (Å²) in [4.78, 5) is 35.7. The number of nitro groups is 1. The Morgan fingerprint density at radius 3 is 2.65 bits per heavy atom. The largest absolute Gasteiger partial charge is 0.455 e. The number of halogens is 2. The van der Waals surface area contributed by atoms with E-state index in [2.05, 4.69) is 15.8 Å². The summed E-state index contributed by atoms with van der Waals surface area (Å²) in [5.41, 5.74) is 4.57. The fraction of sp³-hybridized carbons (Fsp3) is 0.174. The standard InChI is InChI=1S/C23H18Cl2N4O5/c1-12-20-18(27-28-22(30)13-4-2-5-15(10-13)29(32)33)6-3-7-19(20)34-21(12)23(31)26-17-9-8-14(24)11-16(17)25/h2,4-5,8-11H,3,6-7H2,1H3,(H,26,31)(H,28,30)/b27-18+. The molecule has 0 radical (unpaired) electrons. The molecule has 0 saturated heterocycles. The van der Waals surface area contributed by atoms with Gasteiger partial charge in [-0.25, -0.2) is 5.43 Å². The van der Waals surface area contributed by atoms with Crippen LogP contribution in [-0.4, -0.2) is 22.4 Å². The Morgan fingerprint density at radius 1 is 1.12 bits per heavy atom. The van der Waals surface area contributed by atoms with Crippen LogP contribution in [-0.2, 0) is 6.42 Å². The predicted molar refractivity (Wildman–Crippen MR) is 128 cm³/mol. The number of nitro benzene ring substituents is 1. The highest BCUT2D eigenvalue weighted by Gasteiger charge is 2.28. The van der Waals surface area contributed by atoms with Gasteiger partial charge in [0.2, 0.25) is 0 Å². The zero-order valence-electron chi connectivity index (χ0n) is 17.9. The molecule has 0 bridgehead atoms. The SMILES string of the molecule is Cc1c(C(=O)Nc2ccc(Cl)cc2Cl)oc2c1/C(=N/NC(=O)c1cccc([N+](=O)[O-])c1)CCC2. The lowest BCUT2D eigenvalue weighted by atomic mass is 9.93. The normalized spacial score (nSPS) is 13.9. The first-order valence-corrected chi connectivity index (χ1v) is 11.0. The van der Waals surface area contributed by atoms with Gasteiger partial charge in [-0.1, -0.05) is 29.3 Å². The first kappa shape index (κ1) is 23.5. The summed E-state index contributed by atoms with van der Waals surface area (Å²) >= 11 is 12.1. The summed E-state index contributed by atoms with van der Waals surface area (Å²) < 4.78 is 5.85. The van der Waals surface area contributed by atoms with Gasteiger partial charge < -0.3 is 9.73 Å². The van der Waals surface area contributed by atoms with Crippen molar-refractivity contribution in [3.05, 3.63) is 90.8 Å². The van der Waals surface area contributed by atoms with E-state index in [0.29, 0.717) is 51.2 Å². The molecule has 1 heterocycles. The Bertz CT molecular complexity index is 1350. The van der Waals surface area contributed by atoms with Crippen LogP contribution < -0.4 is 10.7 Å². The van der Waals surface area contributed by atoms with Crippen LogP contribution in [0.15, 0.2) is 52.0 Å². The van der Waals surface area contributed by atoms with Crippen LogP contribution in [0.1, 0.15) is 50.6 Å². The van der Waals surface area contributed by atoms with Crippen molar-refractivity contribution in [3.63, 3.8) is 0 Å². The van der Waals surface area contributed by atoms with Crippen molar-refractivity contribution in [2.75, 3.05) is 5.32 Å². The van der Waals surface area contributed by atoms with Gasteiger partial charge in [0.05, 0.1) is 21.3 Å². The molecule has 0 saturated carbocycles. The smallest absolute Gasteiger partial charge is 0.291 e. The number of nitrogens with one attached hydrogen (secondary N) is 2. The van der Waals surface area contributed by atoms with Crippen molar-refractivity contribution in [2.45, 2.75) is 26.2 Å². The number of rotatable bonds is 5. The van der Waals surface area contributed by atoms with Gasteiger partial charge in [0.15, 0.2) is 5.76 Å². The highest BCUT2D eigenvalue weighted by molar-refractivity contribution is 6.36. The summed E-state index contributed by atoms with van der Waals surface area (Å²) in [6.07, 6.45) is 1.89. The molecule has 1 aliphatic rings. The van der Waals surface area contributed by atoms with Crippen LogP contribution >= 0.6 is 23.2 Å². The molecule has 9 nitrogen and oxygen atoms in total. The Labute approximate surface area is 203 Å². The number of fused-ring (bicyclic) bond motifs is 1. The van der Waals surface area contributed by atoms with Crippen molar-refractivity contribution in [1.29, 1.82) is 0 Å². The third-order valence-electron chi connectivity index (χ3n) is 5.32. The Morgan fingerprint density at radius 2 is 1.91 bits per heavy atom. The molecule has 2 aromatic carbocycles. The Balaban J connectivity index is 1.57. The van der Waals surface area contributed by atoms with Crippen molar-refractivity contribution < 1.29 is 18.9 Å². The van der Waals surface area contributed by atoms with Crippen molar-refractivity contribution in [1.82, 2.24) is 5.43 Å². The predicted octanol–water partition coefficient (Wildman–Crippen LogP) is 5.53. The minimum absolute atomic E-state index is 0.110.